The van der Waals surface area contributed by atoms with E-state index >= 15 is 0 Å². The lowest BCUT2D eigenvalue weighted by atomic mass is 9.81. The highest BCUT2D eigenvalue weighted by atomic mass is 15.2. The molecular formula is C27H33N2+. The highest BCUT2D eigenvalue weighted by Gasteiger charge is 2.43. The van der Waals surface area contributed by atoms with Crippen LogP contribution in [-0.2, 0) is 10.8 Å². The Kier molecular flexibility index (Phi) is 4.57. The Hall–Kier alpha value is -2.61. The molecule has 0 saturated heterocycles. The van der Waals surface area contributed by atoms with Gasteiger partial charge in [-0.25, -0.2) is 0 Å². The number of benzene rings is 2. The highest BCUT2D eigenvalue weighted by Crippen LogP contribution is 2.48. The molecule has 0 unspecified atom stereocenters. The van der Waals surface area contributed by atoms with Gasteiger partial charge in [0.2, 0.25) is 5.69 Å². The van der Waals surface area contributed by atoms with Gasteiger partial charge in [0.15, 0.2) is 5.71 Å². The molecule has 0 saturated carbocycles. The lowest BCUT2D eigenvalue weighted by Crippen LogP contribution is -2.31. The molecule has 0 atom stereocenters. The Bertz CT molecular complexity index is 1050. The molecule has 29 heavy (non-hydrogen) atoms. The van der Waals surface area contributed by atoms with Crippen molar-refractivity contribution >= 4 is 17.1 Å². The quantitative estimate of drug-likeness (QED) is 0.559. The van der Waals surface area contributed by atoms with Crippen molar-refractivity contribution in [1.82, 2.24) is 0 Å². The van der Waals surface area contributed by atoms with Crippen molar-refractivity contribution in [2.75, 3.05) is 11.9 Å². The number of hydrogen-bond acceptors (Lipinski definition) is 1. The molecule has 0 aromatic heterocycles. The number of fused-ring (bicyclic) bond motifs is 2. The third kappa shape index (κ3) is 2.88. The van der Waals surface area contributed by atoms with E-state index in [0.29, 0.717) is 6.04 Å². The van der Waals surface area contributed by atoms with Crippen LogP contribution in [0.5, 0.6) is 0 Å². The zero-order valence-corrected chi connectivity index (χ0v) is 18.8. The molecule has 2 aliphatic rings. The lowest BCUT2D eigenvalue weighted by Gasteiger charge is -2.30. The Balaban J connectivity index is 1.74. The van der Waals surface area contributed by atoms with Crippen LogP contribution in [0.25, 0.3) is 0 Å². The Morgan fingerprint density at radius 1 is 0.862 bits per heavy atom. The fourth-order valence-corrected chi connectivity index (χ4v) is 5.16. The van der Waals surface area contributed by atoms with E-state index in [2.05, 4.69) is 125 Å². The van der Waals surface area contributed by atoms with Crippen LogP contribution in [-0.4, -0.2) is 23.4 Å². The molecule has 2 aromatic carbocycles. The van der Waals surface area contributed by atoms with Gasteiger partial charge in [-0.05, 0) is 45.4 Å². The molecule has 2 aromatic rings. The van der Waals surface area contributed by atoms with E-state index in [1.54, 1.807) is 0 Å². The van der Waals surface area contributed by atoms with Gasteiger partial charge < -0.3 is 4.90 Å². The molecule has 4 rings (SSSR count). The maximum atomic E-state index is 2.49. The molecule has 0 amide bonds. The zero-order valence-electron chi connectivity index (χ0n) is 18.8. The van der Waals surface area contributed by atoms with Crippen molar-refractivity contribution in [3.05, 3.63) is 83.6 Å². The summed E-state index contributed by atoms with van der Waals surface area (Å²) in [5, 5.41) is 0. The molecule has 2 heterocycles. The van der Waals surface area contributed by atoms with Gasteiger partial charge in [0.05, 0.1) is 5.41 Å². The number of nitrogens with zero attached hydrogens (tertiary/aromatic N) is 2. The average molecular weight is 386 g/mol. The molecule has 0 aliphatic carbocycles. The van der Waals surface area contributed by atoms with Gasteiger partial charge in [-0.1, -0.05) is 56.3 Å². The van der Waals surface area contributed by atoms with Crippen LogP contribution in [0.1, 0.15) is 52.7 Å². The van der Waals surface area contributed by atoms with Gasteiger partial charge in [-0.15, -0.1) is 0 Å². The van der Waals surface area contributed by atoms with Crippen LogP contribution >= 0.6 is 0 Å². The van der Waals surface area contributed by atoms with Crippen LogP contribution in [0.15, 0.2) is 72.5 Å². The van der Waals surface area contributed by atoms with E-state index in [1.807, 2.05) is 0 Å². The van der Waals surface area contributed by atoms with Crippen molar-refractivity contribution in [2.24, 2.45) is 0 Å². The van der Waals surface area contributed by atoms with E-state index in [9.17, 15) is 0 Å². The second-order valence-electron chi connectivity index (χ2n) is 9.60. The molecule has 2 nitrogen and oxygen atoms in total. The van der Waals surface area contributed by atoms with E-state index in [0.717, 1.165) is 0 Å². The smallest absolute Gasteiger partial charge is 0.209 e. The topological polar surface area (TPSA) is 6.25 Å². The maximum Gasteiger partial charge on any atom is 0.209 e. The fourth-order valence-electron chi connectivity index (χ4n) is 5.16. The van der Waals surface area contributed by atoms with Crippen LogP contribution in [0.4, 0.5) is 11.4 Å². The van der Waals surface area contributed by atoms with Crippen molar-refractivity contribution in [3.8, 4) is 0 Å². The van der Waals surface area contributed by atoms with Crippen molar-refractivity contribution in [1.29, 1.82) is 0 Å². The van der Waals surface area contributed by atoms with Crippen molar-refractivity contribution < 1.29 is 4.58 Å². The predicted molar refractivity (Wildman–Crippen MR) is 125 cm³/mol. The fraction of sp³-hybridized carbons (Fsp3) is 0.370. The normalized spacial score (nSPS) is 20.8. The molecule has 0 radical (unpaired) electrons. The standard InChI is InChI=1S/C27H33N2/c1-19(2)29-23-16-11-9-14-21(23)27(5,6)25(29)18-12-17-24-26(3,4)20-13-8-10-15-22(20)28(24)7/h8-19H,1-7H3/q+1. The lowest BCUT2D eigenvalue weighted by molar-refractivity contribution is -0.401. The predicted octanol–water partition coefficient (Wildman–Crippen LogP) is 6.34. The van der Waals surface area contributed by atoms with E-state index in [4.69, 9.17) is 0 Å². The Morgan fingerprint density at radius 3 is 2.14 bits per heavy atom. The second-order valence-corrected chi connectivity index (χ2v) is 9.60. The number of allylic oxidation sites excluding steroid dienone is 4. The van der Waals surface area contributed by atoms with Gasteiger partial charge in [-0.2, -0.15) is 4.58 Å². The SMILES string of the molecule is CC(C)N1/C(=C/C=C/C2=[N+](C)c3ccccc3C2(C)C)C(C)(C)c2ccccc21. The summed E-state index contributed by atoms with van der Waals surface area (Å²) in [5.41, 5.74) is 8.15. The van der Waals surface area contributed by atoms with Gasteiger partial charge in [0.1, 0.15) is 7.05 Å². The average Bonchev–Trinajstić information content (AvgIpc) is 3.02. The zero-order chi connectivity index (χ0) is 21.0. The highest BCUT2D eigenvalue weighted by molar-refractivity contribution is 6.03. The van der Waals surface area contributed by atoms with Crippen molar-refractivity contribution in [2.45, 2.75) is 58.4 Å². The van der Waals surface area contributed by atoms with E-state index in [-0.39, 0.29) is 10.8 Å². The van der Waals surface area contributed by atoms with E-state index < -0.39 is 0 Å². The van der Waals surface area contributed by atoms with Crippen LogP contribution in [0, 0.1) is 0 Å². The Labute approximate surface area is 175 Å². The summed E-state index contributed by atoms with van der Waals surface area (Å²) in [5.74, 6) is 0. The number of para-hydroxylation sites is 2. The molecule has 2 aliphatic heterocycles. The summed E-state index contributed by atoms with van der Waals surface area (Å²) in [4.78, 5) is 2.49. The van der Waals surface area contributed by atoms with Crippen LogP contribution in [0.2, 0.25) is 0 Å². The van der Waals surface area contributed by atoms with Gasteiger partial charge in [-0.3, -0.25) is 0 Å². The monoisotopic (exact) mass is 385 g/mol. The van der Waals surface area contributed by atoms with Gasteiger partial charge in [0, 0.05) is 40.5 Å². The number of anilines is 1. The summed E-state index contributed by atoms with van der Waals surface area (Å²) in [6, 6.07) is 18.0. The summed E-state index contributed by atoms with van der Waals surface area (Å²) in [7, 11) is 2.18. The number of rotatable bonds is 3. The first-order valence-electron chi connectivity index (χ1n) is 10.7. The summed E-state index contributed by atoms with van der Waals surface area (Å²) < 4.78 is 2.33. The minimum Gasteiger partial charge on any atom is -0.341 e. The molecule has 150 valence electrons. The number of hydrogen-bond donors (Lipinski definition) is 0. The van der Waals surface area contributed by atoms with E-state index in [1.165, 1.54) is 33.9 Å². The minimum atomic E-state index is -0.00404. The van der Waals surface area contributed by atoms with Crippen LogP contribution < -0.4 is 4.90 Å². The Morgan fingerprint density at radius 2 is 1.48 bits per heavy atom. The minimum absolute atomic E-state index is 0.00404. The third-order valence-corrected chi connectivity index (χ3v) is 6.70. The summed E-state index contributed by atoms with van der Waals surface area (Å²) >= 11 is 0. The largest absolute Gasteiger partial charge is 0.341 e. The molecule has 2 heteroatoms. The summed E-state index contributed by atoms with van der Waals surface area (Å²) in [6.45, 7) is 13.9. The molecule has 0 N–H and O–H groups in total. The maximum absolute atomic E-state index is 2.49. The first kappa shape index (κ1) is 19.7. The summed E-state index contributed by atoms with van der Waals surface area (Å²) in [6.07, 6.45) is 6.86. The first-order valence-corrected chi connectivity index (χ1v) is 10.7. The van der Waals surface area contributed by atoms with Gasteiger partial charge in [0.25, 0.3) is 0 Å². The second kappa shape index (κ2) is 6.73. The molecule has 0 fully saturated rings. The molecule has 0 spiro atoms. The molecular weight excluding hydrogens is 352 g/mol. The van der Waals surface area contributed by atoms with Crippen molar-refractivity contribution in [3.63, 3.8) is 0 Å². The van der Waals surface area contributed by atoms with Crippen LogP contribution in [0.3, 0.4) is 0 Å². The third-order valence-electron chi connectivity index (χ3n) is 6.70. The van der Waals surface area contributed by atoms with Gasteiger partial charge >= 0.3 is 0 Å². The first-order chi connectivity index (χ1) is 13.7. The molecule has 0 bridgehead atoms.